The van der Waals surface area contributed by atoms with Crippen LogP contribution in [-0.4, -0.2) is 56.2 Å². The number of aliphatic hydroxyl groups is 1. The Labute approximate surface area is 212 Å². The predicted octanol–water partition coefficient (Wildman–Crippen LogP) is 5.11. The van der Waals surface area contributed by atoms with Crippen LogP contribution >= 0.6 is 0 Å². The second kappa shape index (κ2) is 10.7. The molecule has 0 amide bonds. The molecule has 5 nitrogen and oxygen atoms in total. The third kappa shape index (κ3) is 6.14. The van der Waals surface area contributed by atoms with Crippen LogP contribution in [0.25, 0.3) is 0 Å². The molecule has 4 atom stereocenters. The summed E-state index contributed by atoms with van der Waals surface area (Å²) < 4.78 is 28.3. The van der Waals surface area contributed by atoms with Crippen LogP contribution in [-0.2, 0) is 16.6 Å². The van der Waals surface area contributed by atoms with Crippen molar-refractivity contribution < 1.29 is 13.5 Å². The lowest BCUT2D eigenvalue weighted by molar-refractivity contribution is -0.0499. The molecule has 2 heterocycles. The van der Waals surface area contributed by atoms with Crippen LogP contribution in [0.1, 0.15) is 24.0 Å². The second-order valence-corrected chi connectivity index (χ2v) is 18.9. The Hall–Kier alpha value is -1.77. The number of fused-ring (bicyclic) bond motifs is 1. The van der Waals surface area contributed by atoms with Gasteiger partial charge in [0.2, 0.25) is 10.0 Å². The molecule has 1 N–H and O–H groups in total. The van der Waals surface area contributed by atoms with Crippen molar-refractivity contribution in [3.05, 3.63) is 77.9 Å². The van der Waals surface area contributed by atoms with Crippen LogP contribution in [0.3, 0.4) is 0 Å². The van der Waals surface area contributed by atoms with E-state index in [1.807, 2.05) is 37.3 Å². The molecule has 190 valence electrons. The smallest absolute Gasteiger partial charge is 0.245 e. The number of sulfonamides is 1. The molecule has 2 fully saturated rings. The Balaban J connectivity index is 1.57. The fourth-order valence-corrected chi connectivity index (χ4v) is 7.94. The van der Waals surface area contributed by atoms with Crippen LogP contribution in [0.5, 0.6) is 0 Å². The summed E-state index contributed by atoms with van der Waals surface area (Å²) in [5.41, 5.74) is 2.20. The highest BCUT2D eigenvalue weighted by Gasteiger charge is 2.51. The van der Waals surface area contributed by atoms with Crippen LogP contribution in [0, 0.1) is 18.8 Å². The zero-order chi connectivity index (χ0) is 25.2. The van der Waals surface area contributed by atoms with Gasteiger partial charge in [0.15, 0.2) is 0 Å². The number of nitrogens with zero attached hydrogens (tertiary/aromatic N) is 2. The Morgan fingerprint density at radius 2 is 1.71 bits per heavy atom. The van der Waals surface area contributed by atoms with Gasteiger partial charge in [-0.3, -0.25) is 4.90 Å². The van der Waals surface area contributed by atoms with Crippen LogP contribution in [0.2, 0.25) is 25.7 Å². The van der Waals surface area contributed by atoms with E-state index >= 15 is 0 Å². The summed E-state index contributed by atoms with van der Waals surface area (Å²) in [6.45, 7) is 11.0. The molecule has 2 aromatic rings. The first-order chi connectivity index (χ1) is 16.6. The molecule has 2 aliphatic rings. The fourth-order valence-electron chi connectivity index (χ4n) is 5.56. The van der Waals surface area contributed by atoms with E-state index in [1.165, 1.54) is 15.9 Å². The van der Waals surface area contributed by atoms with E-state index in [9.17, 15) is 13.5 Å². The number of rotatable bonds is 8. The maximum absolute atomic E-state index is 13.5. The zero-order valence-electron chi connectivity index (χ0n) is 21.5. The lowest BCUT2D eigenvalue weighted by Gasteiger charge is -2.42. The Kier molecular flexibility index (Phi) is 8.03. The molecule has 0 spiro atoms. The first kappa shape index (κ1) is 26.3. The molecule has 4 rings (SSSR count). The minimum Gasteiger partial charge on any atom is -0.376 e. The zero-order valence-corrected chi connectivity index (χ0v) is 23.3. The van der Waals surface area contributed by atoms with Gasteiger partial charge in [0, 0.05) is 27.7 Å². The third-order valence-electron chi connectivity index (χ3n) is 7.41. The van der Waals surface area contributed by atoms with Crippen molar-refractivity contribution in [3.8, 4) is 0 Å². The molecular formula is C28H40N2O3SSi. The van der Waals surface area contributed by atoms with E-state index in [0.29, 0.717) is 19.0 Å². The SMILES string of the molecule is Cc1ccc(S(=O)(=O)N2CC[C@@H]3[C@H](C/C=C/C[Si](C)(C)C)CN(Cc4ccccc4)[C@@H]3C2O)cc1. The van der Waals surface area contributed by atoms with E-state index in [4.69, 9.17) is 0 Å². The Morgan fingerprint density at radius 1 is 1.03 bits per heavy atom. The van der Waals surface area contributed by atoms with Gasteiger partial charge in [0.1, 0.15) is 6.23 Å². The molecule has 7 heteroatoms. The average Bonchev–Trinajstić information content (AvgIpc) is 3.15. The van der Waals surface area contributed by atoms with Gasteiger partial charge in [-0.15, -0.1) is 0 Å². The molecule has 0 bridgehead atoms. The van der Waals surface area contributed by atoms with Crippen molar-refractivity contribution in [1.82, 2.24) is 9.21 Å². The fraction of sp³-hybridized carbons (Fsp3) is 0.500. The van der Waals surface area contributed by atoms with Crippen molar-refractivity contribution in [2.75, 3.05) is 13.1 Å². The van der Waals surface area contributed by atoms with Crippen LogP contribution in [0.15, 0.2) is 71.6 Å². The average molecular weight is 513 g/mol. The number of piperidine rings is 1. The van der Waals surface area contributed by atoms with Gasteiger partial charge in [-0.1, -0.05) is 79.8 Å². The highest BCUT2D eigenvalue weighted by Crippen LogP contribution is 2.42. The molecule has 0 radical (unpaired) electrons. The van der Waals surface area contributed by atoms with Crippen LogP contribution < -0.4 is 0 Å². The quantitative estimate of drug-likeness (QED) is 0.394. The number of likely N-dealkylation sites (tertiary alicyclic amines) is 1. The maximum Gasteiger partial charge on any atom is 0.245 e. The van der Waals surface area contributed by atoms with E-state index in [0.717, 1.165) is 24.9 Å². The van der Waals surface area contributed by atoms with Crippen LogP contribution in [0.4, 0.5) is 0 Å². The number of aryl methyl sites for hydroxylation is 1. The monoisotopic (exact) mass is 512 g/mol. The molecule has 0 saturated carbocycles. The number of hydrogen-bond donors (Lipinski definition) is 1. The minimum atomic E-state index is -3.77. The summed E-state index contributed by atoms with van der Waals surface area (Å²) in [7, 11) is -4.89. The summed E-state index contributed by atoms with van der Waals surface area (Å²) in [4.78, 5) is 2.57. The van der Waals surface area contributed by atoms with E-state index in [-0.39, 0.29) is 16.9 Å². The molecule has 1 unspecified atom stereocenters. The lowest BCUT2D eigenvalue weighted by atomic mass is 9.83. The van der Waals surface area contributed by atoms with Crippen molar-refractivity contribution >= 4 is 18.1 Å². The second-order valence-electron chi connectivity index (χ2n) is 11.4. The molecule has 2 aliphatic heterocycles. The van der Waals surface area contributed by atoms with Gasteiger partial charge in [-0.05, 0) is 55.3 Å². The van der Waals surface area contributed by atoms with Gasteiger partial charge >= 0.3 is 0 Å². The highest BCUT2D eigenvalue weighted by atomic mass is 32.2. The molecule has 2 aromatic carbocycles. The molecule has 0 aliphatic carbocycles. The summed E-state index contributed by atoms with van der Waals surface area (Å²) in [5.74, 6) is 0.690. The summed E-state index contributed by atoms with van der Waals surface area (Å²) >= 11 is 0. The first-order valence-corrected chi connectivity index (χ1v) is 17.9. The normalized spacial score (nSPS) is 26.3. The highest BCUT2D eigenvalue weighted by molar-refractivity contribution is 7.89. The summed E-state index contributed by atoms with van der Waals surface area (Å²) in [6.07, 6.45) is 5.36. The number of benzene rings is 2. The largest absolute Gasteiger partial charge is 0.376 e. The van der Waals surface area contributed by atoms with E-state index in [1.54, 1.807) is 12.1 Å². The van der Waals surface area contributed by atoms with Gasteiger partial charge in [-0.2, -0.15) is 4.31 Å². The third-order valence-corrected chi connectivity index (χ3v) is 10.8. The van der Waals surface area contributed by atoms with Gasteiger partial charge in [-0.25, -0.2) is 8.42 Å². The first-order valence-electron chi connectivity index (χ1n) is 12.8. The van der Waals surface area contributed by atoms with Crippen molar-refractivity contribution in [3.63, 3.8) is 0 Å². The Morgan fingerprint density at radius 3 is 2.37 bits per heavy atom. The number of allylic oxidation sites excluding steroid dienone is 2. The predicted molar refractivity (Wildman–Crippen MR) is 145 cm³/mol. The lowest BCUT2D eigenvalue weighted by Crippen LogP contribution is -2.57. The molecule has 0 aromatic heterocycles. The number of hydrogen-bond acceptors (Lipinski definition) is 4. The standard InChI is InChI=1S/C28H40N2O3SSi/c1-22-13-15-25(16-14-22)34(32,33)30-18-17-26-24(12-8-9-19-35(2,3)4)21-29(27(26)28(30)31)20-23-10-6-5-7-11-23/h5-11,13-16,24,26-28,31H,12,17-21H2,1-4H3/b9-8+/t24-,26-,27+,28?/m1/s1. The molecule has 2 saturated heterocycles. The van der Waals surface area contributed by atoms with Gasteiger partial charge in [0.05, 0.1) is 10.9 Å². The molecular weight excluding hydrogens is 472 g/mol. The summed E-state index contributed by atoms with van der Waals surface area (Å²) in [5, 5.41) is 11.5. The molecule has 35 heavy (non-hydrogen) atoms. The maximum atomic E-state index is 13.5. The minimum absolute atomic E-state index is 0.209. The topological polar surface area (TPSA) is 60.9 Å². The van der Waals surface area contributed by atoms with Gasteiger partial charge in [0.25, 0.3) is 0 Å². The number of aliphatic hydroxyl groups excluding tert-OH is 1. The van der Waals surface area contributed by atoms with Crippen molar-refractivity contribution in [1.29, 1.82) is 0 Å². The van der Waals surface area contributed by atoms with Gasteiger partial charge < -0.3 is 5.11 Å². The Bertz CT molecular complexity index is 1110. The van der Waals surface area contributed by atoms with E-state index in [2.05, 4.69) is 48.8 Å². The van der Waals surface area contributed by atoms with Crippen molar-refractivity contribution in [2.45, 2.75) is 69.2 Å². The van der Waals surface area contributed by atoms with E-state index < -0.39 is 24.3 Å². The van der Waals surface area contributed by atoms with Crippen molar-refractivity contribution in [2.24, 2.45) is 11.8 Å². The summed E-state index contributed by atoms with van der Waals surface area (Å²) in [6, 6.07) is 18.2.